The van der Waals surface area contributed by atoms with Gasteiger partial charge in [-0.2, -0.15) is 0 Å². The Morgan fingerprint density at radius 2 is 2.04 bits per heavy atom. The predicted molar refractivity (Wildman–Crippen MR) is 88.4 cm³/mol. The summed E-state index contributed by atoms with van der Waals surface area (Å²) in [6.45, 7) is 2.37. The summed E-state index contributed by atoms with van der Waals surface area (Å²) in [5.74, 6) is -0.571. The van der Waals surface area contributed by atoms with Crippen molar-refractivity contribution < 1.29 is 9.59 Å². The molecule has 0 spiro atoms. The second kappa shape index (κ2) is 5.78. The molecular weight excluding hydrogens is 312 g/mol. The molecule has 3 heterocycles. The van der Waals surface area contributed by atoms with Gasteiger partial charge in [-0.1, -0.05) is 0 Å². The fraction of sp³-hybridized carbons (Fsp3) is 0.688. The zero-order valence-electron chi connectivity index (χ0n) is 13.2. The highest BCUT2D eigenvalue weighted by Gasteiger charge is 2.38. The number of aromatic nitrogens is 1. The quantitative estimate of drug-likeness (QED) is 0.892. The van der Waals surface area contributed by atoms with Gasteiger partial charge in [0.15, 0.2) is 5.13 Å². The van der Waals surface area contributed by atoms with E-state index in [0.29, 0.717) is 6.54 Å². The van der Waals surface area contributed by atoms with E-state index in [-0.39, 0.29) is 30.2 Å². The molecule has 1 unspecified atom stereocenters. The first-order valence-electron chi connectivity index (χ1n) is 8.44. The number of likely N-dealkylation sites (tertiary alicyclic amines) is 1. The normalized spacial score (nSPS) is 25.2. The fourth-order valence-electron chi connectivity index (χ4n) is 3.96. The molecule has 0 saturated carbocycles. The highest BCUT2D eigenvalue weighted by atomic mass is 32.1. The van der Waals surface area contributed by atoms with E-state index < -0.39 is 0 Å². The van der Waals surface area contributed by atoms with Crippen LogP contribution in [0.1, 0.15) is 36.3 Å². The van der Waals surface area contributed by atoms with Gasteiger partial charge in [-0.15, -0.1) is 11.3 Å². The minimum absolute atomic E-state index is 0.0838. The number of carbonyl (C=O) groups excluding carboxylic acids is 2. The minimum Gasteiger partial charge on any atom is -0.369 e. The zero-order valence-corrected chi connectivity index (χ0v) is 14.0. The summed E-state index contributed by atoms with van der Waals surface area (Å²) >= 11 is 1.84. The van der Waals surface area contributed by atoms with Crippen LogP contribution < -0.4 is 10.6 Å². The number of fused-ring (bicyclic) bond motifs is 1. The van der Waals surface area contributed by atoms with E-state index in [1.807, 2.05) is 16.2 Å². The van der Waals surface area contributed by atoms with Gasteiger partial charge in [0.05, 0.1) is 11.6 Å². The molecule has 7 heteroatoms. The lowest BCUT2D eigenvalue weighted by Crippen LogP contribution is -2.46. The van der Waals surface area contributed by atoms with Gasteiger partial charge in [0.25, 0.3) is 0 Å². The van der Waals surface area contributed by atoms with Gasteiger partial charge in [-0.05, 0) is 32.1 Å². The first kappa shape index (κ1) is 14.9. The lowest BCUT2D eigenvalue weighted by Gasteiger charge is -2.36. The van der Waals surface area contributed by atoms with Gasteiger partial charge in [0, 0.05) is 37.0 Å². The van der Waals surface area contributed by atoms with Crippen LogP contribution in [0.5, 0.6) is 0 Å². The molecule has 1 aromatic heterocycles. The van der Waals surface area contributed by atoms with Crippen LogP contribution in [0.4, 0.5) is 5.13 Å². The Morgan fingerprint density at radius 1 is 1.26 bits per heavy atom. The largest absolute Gasteiger partial charge is 0.369 e. The summed E-state index contributed by atoms with van der Waals surface area (Å²) in [5, 5.41) is 1.15. The molecule has 1 atom stereocenters. The summed E-state index contributed by atoms with van der Waals surface area (Å²) in [5.41, 5.74) is 6.65. The summed E-state index contributed by atoms with van der Waals surface area (Å²) in [6.07, 6.45) is 5.73. The van der Waals surface area contributed by atoms with Crippen molar-refractivity contribution in [3.05, 3.63) is 10.6 Å². The van der Waals surface area contributed by atoms with Crippen molar-refractivity contribution in [2.75, 3.05) is 24.5 Å². The summed E-state index contributed by atoms with van der Waals surface area (Å²) in [7, 11) is 0. The number of hydrogen-bond donors (Lipinski definition) is 1. The monoisotopic (exact) mass is 334 g/mol. The number of rotatable bonds is 3. The Labute approximate surface area is 139 Å². The van der Waals surface area contributed by atoms with E-state index in [1.54, 1.807) is 0 Å². The number of nitrogens with zero attached hydrogens (tertiary/aromatic N) is 3. The zero-order chi connectivity index (χ0) is 16.0. The summed E-state index contributed by atoms with van der Waals surface area (Å²) in [4.78, 5) is 33.9. The maximum atomic E-state index is 12.1. The molecule has 4 rings (SSSR count). The van der Waals surface area contributed by atoms with Crippen LogP contribution in [0, 0.1) is 5.92 Å². The van der Waals surface area contributed by atoms with E-state index in [0.717, 1.165) is 37.5 Å². The first-order valence-corrected chi connectivity index (χ1v) is 9.26. The third kappa shape index (κ3) is 2.71. The molecule has 1 aromatic rings. The molecule has 0 radical (unpaired) electrons. The van der Waals surface area contributed by atoms with Crippen LogP contribution in [0.3, 0.4) is 0 Å². The van der Waals surface area contributed by atoms with E-state index >= 15 is 0 Å². The number of thiazole rings is 1. The first-order chi connectivity index (χ1) is 11.1. The molecule has 2 saturated heterocycles. The average Bonchev–Trinajstić information content (AvgIpc) is 3.21. The third-order valence-corrected chi connectivity index (χ3v) is 6.54. The highest BCUT2D eigenvalue weighted by Crippen LogP contribution is 2.34. The highest BCUT2D eigenvalue weighted by molar-refractivity contribution is 7.15. The van der Waals surface area contributed by atoms with Crippen molar-refractivity contribution in [2.24, 2.45) is 11.7 Å². The predicted octanol–water partition coefficient (Wildman–Crippen LogP) is 0.934. The minimum atomic E-state index is -0.351. The molecule has 3 aliphatic rings. The average molecular weight is 334 g/mol. The Bertz CT molecular complexity index is 615. The number of carbonyl (C=O) groups is 2. The van der Waals surface area contributed by atoms with Gasteiger partial charge in [0.1, 0.15) is 0 Å². The summed E-state index contributed by atoms with van der Waals surface area (Å²) in [6, 6.07) is 0.245. The maximum Gasteiger partial charge on any atom is 0.223 e. The lowest BCUT2D eigenvalue weighted by molar-refractivity contribution is -0.130. The molecule has 23 heavy (non-hydrogen) atoms. The SMILES string of the molecule is NC(=O)C1CC(=O)N(C2CCN(c3nc4c(s3)CCC4)CC2)C1. The van der Waals surface area contributed by atoms with Crippen LogP contribution >= 0.6 is 11.3 Å². The van der Waals surface area contributed by atoms with Crippen molar-refractivity contribution in [3.63, 3.8) is 0 Å². The Hall–Kier alpha value is -1.63. The van der Waals surface area contributed by atoms with Crippen molar-refractivity contribution in [3.8, 4) is 0 Å². The molecule has 124 valence electrons. The van der Waals surface area contributed by atoms with Gasteiger partial charge in [0.2, 0.25) is 11.8 Å². The van der Waals surface area contributed by atoms with Gasteiger partial charge in [-0.25, -0.2) is 4.98 Å². The van der Waals surface area contributed by atoms with Crippen molar-refractivity contribution >= 4 is 28.3 Å². The van der Waals surface area contributed by atoms with Gasteiger partial charge in [-0.3, -0.25) is 9.59 Å². The third-order valence-electron chi connectivity index (χ3n) is 5.32. The van der Waals surface area contributed by atoms with Crippen molar-refractivity contribution in [1.82, 2.24) is 9.88 Å². The Morgan fingerprint density at radius 3 is 2.70 bits per heavy atom. The standard InChI is InChI=1S/C16H22N4O2S/c17-15(22)10-8-14(21)20(9-10)11-4-6-19(7-5-11)16-18-12-2-1-3-13(12)23-16/h10-11H,1-9H2,(H2,17,22). The molecule has 0 bridgehead atoms. The molecule has 6 nitrogen and oxygen atoms in total. The van der Waals surface area contributed by atoms with E-state index in [2.05, 4.69) is 4.90 Å². The van der Waals surface area contributed by atoms with Crippen LogP contribution in [0.25, 0.3) is 0 Å². The van der Waals surface area contributed by atoms with Gasteiger partial charge >= 0.3 is 0 Å². The van der Waals surface area contributed by atoms with Crippen LogP contribution in [-0.2, 0) is 22.4 Å². The Balaban J connectivity index is 1.37. The molecule has 0 aromatic carbocycles. The number of amides is 2. The second-order valence-electron chi connectivity index (χ2n) is 6.79. The number of aryl methyl sites for hydroxylation is 2. The molecule has 2 N–H and O–H groups in total. The van der Waals surface area contributed by atoms with Crippen LogP contribution in [0.2, 0.25) is 0 Å². The van der Waals surface area contributed by atoms with Crippen molar-refractivity contribution in [1.29, 1.82) is 0 Å². The van der Waals surface area contributed by atoms with Crippen LogP contribution in [-0.4, -0.2) is 47.4 Å². The van der Waals surface area contributed by atoms with E-state index in [9.17, 15) is 9.59 Å². The maximum absolute atomic E-state index is 12.1. The number of primary amides is 1. The number of anilines is 1. The van der Waals surface area contributed by atoms with Crippen LogP contribution in [0.15, 0.2) is 0 Å². The molecule has 2 amide bonds. The van der Waals surface area contributed by atoms with Crippen molar-refractivity contribution in [2.45, 2.75) is 44.6 Å². The topological polar surface area (TPSA) is 79.5 Å². The fourth-order valence-corrected chi connectivity index (χ4v) is 5.16. The number of nitrogens with two attached hydrogens (primary N) is 1. The second-order valence-corrected chi connectivity index (χ2v) is 7.85. The Kier molecular flexibility index (Phi) is 3.75. The molecular formula is C16H22N4O2S. The molecule has 1 aliphatic carbocycles. The van der Waals surface area contributed by atoms with Gasteiger partial charge < -0.3 is 15.5 Å². The van der Waals surface area contributed by atoms with E-state index in [1.165, 1.54) is 23.4 Å². The summed E-state index contributed by atoms with van der Waals surface area (Å²) < 4.78 is 0. The molecule has 2 aliphatic heterocycles. The molecule has 2 fully saturated rings. The van der Waals surface area contributed by atoms with E-state index in [4.69, 9.17) is 10.7 Å². The number of hydrogen-bond acceptors (Lipinski definition) is 5. The lowest BCUT2D eigenvalue weighted by atomic mass is 10.0. The smallest absolute Gasteiger partial charge is 0.223 e. The number of piperidine rings is 1.